The van der Waals surface area contributed by atoms with Crippen LogP contribution in [0.1, 0.15) is 25.8 Å². The van der Waals surface area contributed by atoms with Crippen LogP contribution >= 0.6 is 0 Å². The van der Waals surface area contributed by atoms with Crippen LogP contribution < -0.4 is 0 Å². The van der Waals surface area contributed by atoms with Crippen molar-refractivity contribution in [3.05, 3.63) is 42.0 Å². The van der Waals surface area contributed by atoms with Crippen LogP contribution in [-0.4, -0.2) is 18.0 Å². The van der Waals surface area contributed by atoms with Gasteiger partial charge in [-0.15, -0.1) is 0 Å². The average Bonchev–Trinajstić information content (AvgIpc) is 2.91. The van der Waals surface area contributed by atoms with Crippen LogP contribution in [0.3, 0.4) is 0 Å². The maximum absolute atomic E-state index is 5.91. The third-order valence-corrected chi connectivity index (χ3v) is 3.13. The van der Waals surface area contributed by atoms with Gasteiger partial charge in [-0.2, -0.15) is 0 Å². The first-order chi connectivity index (χ1) is 7.70. The molecule has 1 aromatic carbocycles. The SMILES string of the molecule is C[C@@H]1C[C@@H](C)OC2(C=C2c2ccccc2)O1. The summed E-state index contributed by atoms with van der Waals surface area (Å²) in [6.45, 7) is 4.21. The van der Waals surface area contributed by atoms with E-state index in [1.165, 1.54) is 11.1 Å². The van der Waals surface area contributed by atoms with Crippen LogP contribution in [0, 0.1) is 0 Å². The lowest BCUT2D eigenvalue weighted by Gasteiger charge is -2.34. The van der Waals surface area contributed by atoms with Crippen LogP contribution in [-0.2, 0) is 9.47 Å². The van der Waals surface area contributed by atoms with Crippen molar-refractivity contribution in [2.75, 3.05) is 0 Å². The van der Waals surface area contributed by atoms with Crippen molar-refractivity contribution in [2.24, 2.45) is 0 Å². The summed E-state index contributed by atoms with van der Waals surface area (Å²) >= 11 is 0. The van der Waals surface area contributed by atoms with Gasteiger partial charge in [-0.1, -0.05) is 30.3 Å². The van der Waals surface area contributed by atoms with E-state index in [1.54, 1.807) is 0 Å². The minimum absolute atomic E-state index is 0.265. The van der Waals surface area contributed by atoms with E-state index in [0.29, 0.717) is 0 Å². The summed E-state index contributed by atoms with van der Waals surface area (Å²) < 4.78 is 11.8. The topological polar surface area (TPSA) is 18.5 Å². The fourth-order valence-corrected chi connectivity index (χ4v) is 2.44. The lowest BCUT2D eigenvalue weighted by atomic mass is 10.1. The van der Waals surface area contributed by atoms with E-state index in [9.17, 15) is 0 Å². The molecule has 1 spiro atoms. The Morgan fingerprint density at radius 2 is 1.69 bits per heavy atom. The molecule has 1 fully saturated rings. The Bertz CT molecular complexity index is 412. The molecule has 1 aromatic rings. The van der Waals surface area contributed by atoms with Gasteiger partial charge in [-0.3, -0.25) is 0 Å². The zero-order valence-electron chi connectivity index (χ0n) is 9.64. The van der Waals surface area contributed by atoms with Crippen molar-refractivity contribution in [1.82, 2.24) is 0 Å². The van der Waals surface area contributed by atoms with Gasteiger partial charge in [0.05, 0.1) is 12.2 Å². The van der Waals surface area contributed by atoms with Gasteiger partial charge >= 0.3 is 0 Å². The van der Waals surface area contributed by atoms with E-state index in [4.69, 9.17) is 9.47 Å². The summed E-state index contributed by atoms with van der Waals surface area (Å²) in [5, 5.41) is 0. The Hall–Kier alpha value is -1.12. The highest BCUT2D eigenvalue weighted by Crippen LogP contribution is 2.50. The number of hydrogen-bond donors (Lipinski definition) is 0. The minimum atomic E-state index is -0.515. The van der Waals surface area contributed by atoms with Crippen LogP contribution in [0.2, 0.25) is 0 Å². The average molecular weight is 216 g/mol. The van der Waals surface area contributed by atoms with Gasteiger partial charge in [0, 0.05) is 5.57 Å². The summed E-state index contributed by atoms with van der Waals surface area (Å²) in [5.41, 5.74) is 2.37. The van der Waals surface area contributed by atoms with Crippen molar-refractivity contribution in [2.45, 2.75) is 38.3 Å². The number of ether oxygens (including phenoxy) is 2. The first-order valence-electron chi connectivity index (χ1n) is 5.84. The van der Waals surface area contributed by atoms with Crippen LogP contribution in [0.5, 0.6) is 0 Å². The second-order valence-corrected chi connectivity index (χ2v) is 4.68. The molecule has 1 aliphatic carbocycles. The summed E-state index contributed by atoms with van der Waals surface area (Å²) in [5.74, 6) is -0.515. The molecule has 0 aromatic heterocycles. The van der Waals surface area contributed by atoms with E-state index >= 15 is 0 Å². The van der Waals surface area contributed by atoms with Gasteiger partial charge in [-0.25, -0.2) is 0 Å². The van der Waals surface area contributed by atoms with Crippen LogP contribution in [0.15, 0.2) is 36.4 Å². The Morgan fingerprint density at radius 3 is 2.31 bits per heavy atom. The highest BCUT2D eigenvalue weighted by molar-refractivity contribution is 5.86. The van der Waals surface area contributed by atoms with Gasteiger partial charge in [0.25, 0.3) is 0 Å². The predicted molar refractivity (Wildman–Crippen MR) is 62.9 cm³/mol. The van der Waals surface area contributed by atoms with Gasteiger partial charge in [0.15, 0.2) is 0 Å². The maximum atomic E-state index is 5.91. The van der Waals surface area contributed by atoms with Gasteiger partial charge in [0.1, 0.15) is 0 Å². The Kier molecular flexibility index (Phi) is 2.16. The van der Waals surface area contributed by atoms with Crippen molar-refractivity contribution >= 4 is 5.57 Å². The van der Waals surface area contributed by atoms with Gasteiger partial charge in [0.2, 0.25) is 5.79 Å². The zero-order valence-corrected chi connectivity index (χ0v) is 9.64. The molecular formula is C14H16O2. The molecule has 1 saturated heterocycles. The summed E-state index contributed by atoms with van der Waals surface area (Å²) in [6, 6.07) is 10.3. The first kappa shape index (κ1) is 10.1. The van der Waals surface area contributed by atoms with E-state index in [2.05, 4.69) is 32.1 Å². The predicted octanol–water partition coefficient (Wildman–Crippen LogP) is 2.99. The molecule has 1 heterocycles. The van der Waals surface area contributed by atoms with E-state index in [1.807, 2.05) is 18.2 Å². The molecule has 0 saturated carbocycles. The second kappa shape index (κ2) is 3.44. The Morgan fingerprint density at radius 1 is 1.06 bits per heavy atom. The normalized spacial score (nSPS) is 37.2. The fourth-order valence-electron chi connectivity index (χ4n) is 2.44. The zero-order chi connectivity index (χ0) is 11.2. The molecule has 0 unspecified atom stereocenters. The van der Waals surface area contributed by atoms with Crippen molar-refractivity contribution in [3.8, 4) is 0 Å². The van der Waals surface area contributed by atoms with Gasteiger partial charge < -0.3 is 9.47 Å². The highest BCUT2D eigenvalue weighted by atomic mass is 16.7. The number of benzene rings is 1. The molecule has 0 radical (unpaired) electrons. The summed E-state index contributed by atoms with van der Waals surface area (Å²) in [7, 11) is 0. The first-order valence-corrected chi connectivity index (χ1v) is 5.84. The van der Waals surface area contributed by atoms with Crippen molar-refractivity contribution < 1.29 is 9.47 Å². The number of hydrogen-bond acceptors (Lipinski definition) is 2. The van der Waals surface area contributed by atoms with Crippen LogP contribution in [0.25, 0.3) is 5.57 Å². The van der Waals surface area contributed by atoms with Gasteiger partial charge in [-0.05, 0) is 31.9 Å². The van der Waals surface area contributed by atoms with E-state index in [-0.39, 0.29) is 12.2 Å². The molecule has 2 atom stereocenters. The summed E-state index contributed by atoms with van der Waals surface area (Å²) in [6.07, 6.45) is 3.58. The maximum Gasteiger partial charge on any atom is 0.216 e. The smallest absolute Gasteiger partial charge is 0.216 e. The molecule has 0 bridgehead atoms. The Labute approximate surface area is 95.9 Å². The highest BCUT2D eigenvalue weighted by Gasteiger charge is 2.52. The van der Waals surface area contributed by atoms with E-state index < -0.39 is 5.79 Å². The van der Waals surface area contributed by atoms with Crippen LogP contribution in [0.4, 0.5) is 0 Å². The molecule has 0 amide bonds. The lowest BCUT2D eigenvalue weighted by molar-refractivity contribution is -0.235. The molecule has 1 aliphatic heterocycles. The molecular weight excluding hydrogens is 200 g/mol. The lowest BCUT2D eigenvalue weighted by Crippen LogP contribution is -2.39. The second-order valence-electron chi connectivity index (χ2n) is 4.68. The molecule has 0 N–H and O–H groups in total. The molecule has 2 nitrogen and oxygen atoms in total. The fraction of sp³-hybridized carbons (Fsp3) is 0.429. The Balaban J connectivity index is 1.81. The summed E-state index contributed by atoms with van der Waals surface area (Å²) in [4.78, 5) is 0. The molecule has 2 aliphatic rings. The van der Waals surface area contributed by atoms with Crippen molar-refractivity contribution in [1.29, 1.82) is 0 Å². The quantitative estimate of drug-likeness (QED) is 0.718. The standard InChI is InChI=1S/C14H16O2/c1-10-8-11(2)16-14(15-10)9-13(14)12-6-4-3-5-7-12/h3-7,9-11H,8H2,1-2H3/t10-,11-/m1/s1. The monoisotopic (exact) mass is 216 g/mol. The molecule has 16 heavy (non-hydrogen) atoms. The largest absolute Gasteiger partial charge is 0.339 e. The third-order valence-electron chi connectivity index (χ3n) is 3.13. The minimum Gasteiger partial charge on any atom is -0.339 e. The molecule has 3 rings (SSSR count). The van der Waals surface area contributed by atoms with Crippen molar-refractivity contribution in [3.63, 3.8) is 0 Å². The third kappa shape index (κ3) is 1.58. The number of rotatable bonds is 1. The molecule has 2 heteroatoms. The van der Waals surface area contributed by atoms with E-state index in [0.717, 1.165) is 6.42 Å². The molecule has 84 valence electrons.